The maximum atomic E-state index is 12.6. The summed E-state index contributed by atoms with van der Waals surface area (Å²) in [4.78, 5) is 31.5. The van der Waals surface area contributed by atoms with Gasteiger partial charge in [0, 0.05) is 44.2 Å². The molecule has 1 unspecified atom stereocenters. The van der Waals surface area contributed by atoms with Crippen LogP contribution in [0.15, 0.2) is 12.1 Å². The van der Waals surface area contributed by atoms with Gasteiger partial charge in [0.25, 0.3) is 5.91 Å². The zero-order valence-electron chi connectivity index (χ0n) is 16.4. The van der Waals surface area contributed by atoms with Crippen LogP contribution in [-0.4, -0.2) is 74.1 Å². The van der Waals surface area contributed by atoms with Gasteiger partial charge in [-0.15, -0.1) is 11.3 Å². The third-order valence-corrected chi connectivity index (χ3v) is 6.64. The molecular weight excluding hydrogens is 362 g/mol. The number of aryl methyl sites for hydroxylation is 1. The maximum Gasteiger partial charge on any atom is 0.263 e. The Bertz CT molecular complexity index is 640. The number of nitrogens with one attached hydrogen (secondary N) is 1. The zero-order chi connectivity index (χ0) is 19.2. The average Bonchev–Trinajstić information content (AvgIpc) is 3.14. The van der Waals surface area contributed by atoms with Crippen LogP contribution >= 0.6 is 11.3 Å². The van der Waals surface area contributed by atoms with Gasteiger partial charge in [-0.1, -0.05) is 0 Å². The second-order valence-electron chi connectivity index (χ2n) is 7.55. The number of nitrogens with zero attached hydrogens (tertiary/aromatic N) is 2. The minimum Gasteiger partial charge on any atom is -0.383 e. The predicted molar refractivity (Wildman–Crippen MR) is 107 cm³/mol. The molecule has 0 aliphatic carbocycles. The molecule has 1 atom stereocenters. The molecule has 0 spiro atoms. The molecule has 0 saturated carbocycles. The molecule has 2 aliphatic heterocycles. The van der Waals surface area contributed by atoms with Crippen molar-refractivity contribution in [3.05, 3.63) is 21.9 Å². The minimum absolute atomic E-state index is 0.0735. The first kappa shape index (κ1) is 20.3. The molecule has 2 fully saturated rings. The zero-order valence-corrected chi connectivity index (χ0v) is 17.2. The van der Waals surface area contributed by atoms with Gasteiger partial charge >= 0.3 is 0 Å². The van der Waals surface area contributed by atoms with E-state index >= 15 is 0 Å². The number of hydrogen-bond donors (Lipinski definition) is 1. The van der Waals surface area contributed by atoms with E-state index in [0.29, 0.717) is 19.2 Å². The first-order chi connectivity index (χ1) is 13.1. The molecule has 0 radical (unpaired) electrons. The SMILES string of the molecule is COCCNC(=O)C1CCCN(C2CCN(C(=O)c3ccc(C)s3)CC2)C1. The topological polar surface area (TPSA) is 61.9 Å². The van der Waals surface area contributed by atoms with Crippen LogP contribution in [0, 0.1) is 12.8 Å². The fourth-order valence-electron chi connectivity index (χ4n) is 4.11. The Kier molecular flexibility index (Phi) is 7.26. The third kappa shape index (κ3) is 5.30. The molecule has 2 saturated heterocycles. The fourth-order valence-corrected chi connectivity index (χ4v) is 4.95. The Balaban J connectivity index is 1.47. The van der Waals surface area contributed by atoms with Crippen molar-refractivity contribution in [2.45, 2.75) is 38.6 Å². The summed E-state index contributed by atoms with van der Waals surface area (Å²) in [5.74, 6) is 0.391. The molecule has 1 N–H and O–H groups in total. The number of amides is 2. The van der Waals surface area contributed by atoms with Crippen molar-refractivity contribution in [2.24, 2.45) is 5.92 Å². The highest BCUT2D eigenvalue weighted by atomic mass is 32.1. The maximum absolute atomic E-state index is 12.6. The Labute approximate surface area is 165 Å². The second kappa shape index (κ2) is 9.66. The lowest BCUT2D eigenvalue weighted by Crippen LogP contribution is -2.51. The predicted octanol–water partition coefficient (Wildman–Crippen LogP) is 2.14. The molecule has 2 aliphatic rings. The largest absolute Gasteiger partial charge is 0.383 e. The van der Waals surface area contributed by atoms with Gasteiger partial charge in [-0.05, 0) is 51.3 Å². The van der Waals surface area contributed by atoms with Gasteiger partial charge in [-0.25, -0.2) is 0 Å². The summed E-state index contributed by atoms with van der Waals surface area (Å²) in [5, 5.41) is 2.98. The molecule has 2 amide bonds. The van der Waals surface area contributed by atoms with Crippen LogP contribution in [0.3, 0.4) is 0 Å². The van der Waals surface area contributed by atoms with E-state index < -0.39 is 0 Å². The molecule has 150 valence electrons. The van der Waals surface area contributed by atoms with E-state index in [1.165, 1.54) is 4.88 Å². The molecule has 3 heterocycles. The summed E-state index contributed by atoms with van der Waals surface area (Å²) in [7, 11) is 1.64. The fraction of sp³-hybridized carbons (Fsp3) is 0.700. The number of likely N-dealkylation sites (tertiary alicyclic amines) is 2. The monoisotopic (exact) mass is 393 g/mol. The van der Waals surface area contributed by atoms with E-state index in [9.17, 15) is 9.59 Å². The average molecular weight is 394 g/mol. The highest BCUT2D eigenvalue weighted by Crippen LogP contribution is 2.25. The normalized spacial score (nSPS) is 22.0. The lowest BCUT2D eigenvalue weighted by Gasteiger charge is -2.42. The Morgan fingerprint density at radius 3 is 2.67 bits per heavy atom. The first-order valence-corrected chi connectivity index (χ1v) is 10.8. The summed E-state index contributed by atoms with van der Waals surface area (Å²) in [5.41, 5.74) is 0. The minimum atomic E-state index is 0.0735. The summed E-state index contributed by atoms with van der Waals surface area (Å²) in [6.45, 7) is 6.67. The molecule has 3 rings (SSSR count). The van der Waals surface area contributed by atoms with Crippen molar-refractivity contribution in [1.29, 1.82) is 0 Å². The van der Waals surface area contributed by atoms with Gasteiger partial charge < -0.3 is 15.0 Å². The van der Waals surface area contributed by atoms with E-state index in [2.05, 4.69) is 10.2 Å². The molecule has 0 aromatic carbocycles. The van der Waals surface area contributed by atoms with Gasteiger partial charge in [-0.3, -0.25) is 14.5 Å². The van der Waals surface area contributed by atoms with Crippen LogP contribution in [0.25, 0.3) is 0 Å². The van der Waals surface area contributed by atoms with Gasteiger partial charge in [-0.2, -0.15) is 0 Å². The highest BCUT2D eigenvalue weighted by Gasteiger charge is 2.32. The first-order valence-electron chi connectivity index (χ1n) is 9.95. The number of rotatable bonds is 6. The molecule has 1 aromatic rings. The van der Waals surface area contributed by atoms with E-state index in [1.807, 2.05) is 24.0 Å². The summed E-state index contributed by atoms with van der Waals surface area (Å²) in [6, 6.07) is 4.43. The molecule has 7 heteroatoms. The van der Waals surface area contributed by atoms with Crippen molar-refractivity contribution in [3.63, 3.8) is 0 Å². The van der Waals surface area contributed by atoms with Crippen LogP contribution in [0.1, 0.15) is 40.2 Å². The van der Waals surface area contributed by atoms with E-state index in [1.54, 1.807) is 18.4 Å². The van der Waals surface area contributed by atoms with E-state index in [0.717, 1.165) is 56.7 Å². The van der Waals surface area contributed by atoms with Crippen molar-refractivity contribution in [2.75, 3.05) is 46.4 Å². The Hall–Kier alpha value is -1.44. The van der Waals surface area contributed by atoms with Crippen LogP contribution in [0.2, 0.25) is 0 Å². The van der Waals surface area contributed by atoms with E-state index in [4.69, 9.17) is 4.74 Å². The number of hydrogen-bond acceptors (Lipinski definition) is 5. The standard InChI is InChI=1S/C20H31N3O3S/c1-15-5-6-18(27-15)20(25)22-11-7-17(8-12-22)23-10-3-4-16(14-23)19(24)21-9-13-26-2/h5-6,16-17H,3-4,7-14H2,1-2H3,(H,21,24). The Morgan fingerprint density at radius 1 is 1.22 bits per heavy atom. The molecule has 0 bridgehead atoms. The number of methoxy groups -OCH3 is 1. The van der Waals surface area contributed by atoms with Crippen LogP contribution in [0.5, 0.6) is 0 Å². The summed E-state index contributed by atoms with van der Waals surface area (Å²) >= 11 is 1.57. The van der Waals surface area contributed by atoms with Crippen molar-refractivity contribution >= 4 is 23.2 Å². The molecule has 27 heavy (non-hydrogen) atoms. The van der Waals surface area contributed by atoms with Gasteiger partial charge in [0.2, 0.25) is 5.91 Å². The smallest absolute Gasteiger partial charge is 0.263 e. The number of carbonyl (C=O) groups is 2. The van der Waals surface area contributed by atoms with Crippen molar-refractivity contribution < 1.29 is 14.3 Å². The number of carbonyl (C=O) groups excluding carboxylic acids is 2. The van der Waals surface area contributed by atoms with E-state index in [-0.39, 0.29) is 17.7 Å². The van der Waals surface area contributed by atoms with Crippen LogP contribution < -0.4 is 5.32 Å². The third-order valence-electron chi connectivity index (χ3n) is 5.65. The molecular formula is C20H31N3O3S. The lowest BCUT2D eigenvalue weighted by atomic mass is 9.93. The molecule has 1 aromatic heterocycles. The van der Waals surface area contributed by atoms with Crippen LogP contribution in [0.4, 0.5) is 0 Å². The summed E-state index contributed by atoms with van der Waals surface area (Å²) in [6.07, 6.45) is 4.02. The van der Waals surface area contributed by atoms with Crippen LogP contribution in [-0.2, 0) is 9.53 Å². The number of thiophene rings is 1. The Morgan fingerprint density at radius 2 is 2.00 bits per heavy atom. The van der Waals surface area contributed by atoms with Gasteiger partial charge in [0.05, 0.1) is 17.4 Å². The quantitative estimate of drug-likeness (QED) is 0.752. The van der Waals surface area contributed by atoms with Gasteiger partial charge in [0.1, 0.15) is 0 Å². The summed E-state index contributed by atoms with van der Waals surface area (Å²) < 4.78 is 5.00. The van der Waals surface area contributed by atoms with Crippen molar-refractivity contribution in [1.82, 2.24) is 15.1 Å². The molecule has 6 nitrogen and oxygen atoms in total. The highest BCUT2D eigenvalue weighted by molar-refractivity contribution is 7.13. The number of ether oxygens (including phenoxy) is 1. The lowest BCUT2D eigenvalue weighted by molar-refractivity contribution is -0.127. The second-order valence-corrected chi connectivity index (χ2v) is 8.84. The number of piperidine rings is 2. The van der Waals surface area contributed by atoms with Crippen molar-refractivity contribution in [3.8, 4) is 0 Å². The van der Waals surface area contributed by atoms with Gasteiger partial charge in [0.15, 0.2) is 0 Å².